The number of aliphatic hydroxyl groups excluding tert-OH is 1. The molecule has 2 rings (SSSR count). The molecule has 1 saturated heterocycles. The van der Waals surface area contributed by atoms with Gasteiger partial charge in [0.25, 0.3) is 0 Å². The van der Waals surface area contributed by atoms with E-state index in [4.69, 9.17) is 0 Å². The Morgan fingerprint density at radius 2 is 2.18 bits per heavy atom. The third kappa shape index (κ3) is 2.85. The molecule has 1 fully saturated rings. The highest BCUT2D eigenvalue weighted by molar-refractivity contribution is 5.42. The molecule has 0 saturated carbocycles. The van der Waals surface area contributed by atoms with E-state index in [2.05, 4.69) is 20.2 Å². The van der Waals surface area contributed by atoms with Crippen LogP contribution in [0.5, 0.6) is 0 Å². The van der Waals surface area contributed by atoms with Crippen LogP contribution in [-0.2, 0) is 0 Å². The first kappa shape index (κ1) is 12.1. The highest BCUT2D eigenvalue weighted by Crippen LogP contribution is 2.24. The van der Waals surface area contributed by atoms with Gasteiger partial charge in [-0.1, -0.05) is 0 Å². The van der Waals surface area contributed by atoms with Crippen molar-refractivity contribution in [1.82, 2.24) is 9.97 Å². The van der Waals surface area contributed by atoms with Gasteiger partial charge in [0.2, 0.25) is 5.95 Å². The van der Waals surface area contributed by atoms with Crippen LogP contribution in [0.25, 0.3) is 0 Å². The van der Waals surface area contributed by atoms with Crippen LogP contribution < -0.4 is 10.2 Å². The van der Waals surface area contributed by atoms with Gasteiger partial charge in [0.05, 0.1) is 6.10 Å². The molecule has 5 nitrogen and oxygen atoms in total. The first-order valence-corrected chi connectivity index (χ1v) is 6.14. The zero-order valence-corrected chi connectivity index (χ0v) is 10.4. The molecule has 17 heavy (non-hydrogen) atoms. The predicted molar refractivity (Wildman–Crippen MR) is 68.2 cm³/mol. The van der Waals surface area contributed by atoms with Crippen molar-refractivity contribution < 1.29 is 5.11 Å². The van der Waals surface area contributed by atoms with E-state index in [1.54, 1.807) is 6.20 Å². The quantitative estimate of drug-likeness (QED) is 0.823. The molecule has 94 valence electrons. The minimum absolute atomic E-state index is 0.199. The normalized spacial score (nSPS) is 19.1. The fraction of sp³-hybridized carbons (Fsp3) is 0.667. The highest BCUT2D eigenvalue weighted by Gasteiger charge is 2.23. The van der Waals surface area contributed by atoms with Gasteiger partial charge in [-0.3, -0.25) is 0 Å². The maximum absolute atomic E-state index is 9.56. The maximum atomic E-state index is 9.56. The van der Waals surface area contributed by atoms with Crippen LogP contribution in [0.1, 0.15) is 19.8 Å². The van der Waals surface area contributed by atoms with Crippen LogP contribution in [0.3, 0.4) is 0 Å². The second kappa shape index (κ2) is 5.31. The van der Waals surface area contributed by atoms with Crippen LogP contribution in [0, 0.1) is 5.92 Å². The molecule has 2 N–H and O–H groups in total. The summed E-state index contributed by atoms with van der Waals surface area (Å²) in [5.41, 5.74) is 0. The predicted octanol–water partition coefficient (Wildman–Crippen LogP) is 1.12. The van der Waals surface area contributed by atoms with Crippen LogP contribution in [0.15, 0.2) is 12.3 Å². The average molecular weight is 236 g/mol. The molecule has 1 aromatic heterocycles. The summed E-state index contributed by atoms with van der Waals surface area (Å²) in [7, 11) is 1.82. The van der Waals surface area contributed by atoms with Gasteiger partial charge in [-0.15, -0.1) is 0 Å². The molecule has 0 aliphatic carbocycles. The first-order chi connectivity index (χ1) is 8.20. The molecule has 5 heteroatoms. The number of nitrogens with zero attached hydrogens (tertiary/aromatic N) is 3. The van der Waals surface area contributed by atoms with E-state index < -0.39 is 0 Å². The fourth-order valence-electron chi connectivity index (χ4n) is 2.26. The fourth-order valence-corrected chi connectivity index (χ4v) is 2.26. The van der Waals surface area contributed by atoms with Gasteiger partial charge in [0.15, 0.2) is 0 Å². The number of aromatic nitrogens is 2. The van der Waals surface area contributed by atoms with Crippen molar-refractivity contribution in [2.45, 2.75) is 25.9 Å². The molecular formula is C12H20N4O. The summed E-state index contributed by atoms with van der Waals surface area (Å²) >= 11 is 0. The van der Waals surface area contributed by atoms with Crippen molar-refractivity contribution in [2.75, 3.05) is 30.4 Å². The molecule has 1 unspecified atom stereocenters. The molecule has 1 atom stereocenters. The van der Waals surface area contributed by atoms with Gasteiger partial charge in [-0.05, 0) is 31.7 Å². The molecule has 0 spiro atoms. The van der Waals surface area contributed by atoms with Gasteiger partial charge in [-0.25, -0.2) is 4.98 Å². The number of nitrogens with one attached hydrogen (secondary N) is 1. The van der Waals surface area contributed by atoms with Gasteiger partial charge in [0.1, 0.15) is 5.82 Å². The average Bonchev–Trinajstić information content (AvgIpc) is 2.39. The maximum Gasteiger partial charge on any atom is 0.224 e. The van der Waals surface area contributed by atoms with Crippen molar-refractivity contribution in [3.05, 3.63) is 12.3 Å². The lowest BCUT2D eigenvalue weighted by molar-refractivity contribution is 0.110. The number of anilines is 2. The Morgan fingerprint density at radius 1 is 1.47 bits per heavy atom. The SMILES string of the molecule is CNc1nccc(N2CCC(C(C)O)CC2)n1. The van der Waals surface area contributed by atoms with Crippen LogP contribution in [0.2, 0.25) is 0 Å². The van der Waals surface area contributed by atoms with Gasteiger partial charge >= 0.3 is 0 Å². The van der Waals surface area contributed by atoms with E-state index in [0.717, 1.165) is 31.7 Å². The number of rotatable bonds is 3. The number of piperidine rings is 1. The van der Waals surface area contributed by atoms with Crippen molar-refractivity contribution in [3.8, 4) is 0 Å². The molecule has 1 aliphatic rings. The number of aliphatic hydroxyl groups is 1. The third-order valence-electron chi connectivity index (χ3n) is 3.41. The zero-order chi connectivity index (χ0) is 12.3. The Labute approximate surface area is 102 Å². The van der Waals surface area contributed by atoms with Crippen molar-refractivity contribution in [3.63, 3.8) is 0 Å². The Hall–Kier alpha value is -1.36. The molecular weight excluding hydrogens is 216 g/mol. The topological polar surface area (TPSA) is 61.3 Å². The van der Waals surface area contributed by atoms with Crippen molar-refractivity contribution >= 4 is 11.8 Å². The van der Waals surface area contributed by atoms with Crippen LogP contribution >= 0.6 is 0 Å². The second-order valence-corrected chi connectivity index (χ2v) is 4.55. The third-order valence-corrected chi connectivity index (χ3v) is 3.41. The lowest BCUT2D eigenvalue weighted by Gasteiger charge is -2.34. The largest absolute Gasteiger partial charge is 0.393 e. The molecule has 1 aromatic rings. The van der Waals surface area contributed by atoms with Gasteiger partial charge in [-0.2, -0.15) is 4.98 Å². The summed E-state index contributed by atoms with van der Waals surface area (Å²) in [5, 5.41) is 12.5. The Balaban J connectivity index is 2.00. The summed E-state index contributed by atoms with van der Waals surface area (Å²) in [6.07, 6.45) is 3.62. The van der Waals surface area contributed by atoms with E-state index >= 15 is 0 Å². The second-order valence-electron chi connectivity index (χ2n) is 4.55. The number of hydrogen-bond acceptors (Lipinski definition) is 5. The van der Waals surface area contributed by atoms with Crippen LogP contribution in [0.4, 0.5) is 11.8 Å². The zero-order valence-electron chi connectivity index (χ0n) is 10.4. The minimum atomic E-state index is -0.199. The van der Waals surface area contributed by atoms with Gasteiger partial charge in [0, 0.05) is 26.3 Å². The van der Waals surface area contributed by atoms with E-state index in [-0.39, 0.29) is 6.10 Å². The van der Waals surface area contributed by atoms with Crippen molar-refractivity contribution in [2.24, 2.45) is 5.92 Å². The lowest BCUT2D eigenvalue weighted by atomic mass is 9.92. The standard InChI is InChI=1S/C12H20N4O/c1-9(17)10-4-7-16(8-5-10)11-3-6-14-12(13-2)15-11/h3,6,9-10,17H,4-5,7-8H2,1-2H3,(H,13,14,15). The summed E-state index contributed by atoms with van der Waals surface area (Å²) in [4.78, 5) is 10.8. The Morgan fingerprint density at radius 3 is 2.76 bits per heavy atom. The molecule has 0 bridgehead atoms. The van der Waals surface area contributed by atoms with Gasteiger partial charge < -0.3 is 15.3 Å². The summed E-state index contributed by atoms with van der Waals surface area (Å²) in [5.74, 6) is 2.05. The summed E-state index contributed by atoms with van der Waals surface area (Å²) in [6.45, 7) is 3.79. The smallest absolute Gasteiger partial charge is 0.224 e. The Kier molecular flexibility index (Phi) is 3.78. The lowest BCUT2D eigenvalue weighted by Crippen LogP contribution is -2.37. The summed E-state index contributed by atoms with van der Waals surface area (Å²) < 4.78 is 0. The van der Waals surface area contributed by atoms with Crippen LogP contribution in [-0.4, -0.2) is 41.3 Å². The molecule has 2 heterocycles. The molecule has 0 aromatic carbocycles. The minimum Gasteiger partial charge on any atom is -0.393 e. The molecule has 0 radical (unpaired) electrons. The molecule has 1 aliphatic heterocycles. The van der Waals surface area contributed by atoms with E-state index in [1.807, 2.05) is 20.0 Å². The monoisotopic (exact) mass is 236 g/mol. The van der Waals surface area contributed by atoms with Crippen molar-refractivity contribution in [1.29, 1.82) is 0 Å². The summed E-state index contributed by atoms with van der Waals surface area (Å²) in [6, 6.07) is 1.93. The highest BCUT2D eigenvalue weighted by atomic mass is 16.3. The van der Waals surface area contributed by atoms with E-state index in [9.17, 15) is 5.11 Å². The van der Waals surface area contributed by atoms with E-state index in [0.29, 0.717) is 11.9 Å². The Bertz CT molecular complexity index is 361. The first-order valence-electron chi connectivity index (χ1n) is 6.14. The van der Waals surface area contributed by atoms with E-state index in [1.165, 1.54) is 0 Å². The number of hydrogen-bond donors (Lipinski definition) is 2. The molecule has 0 amide bonds.